The average Bonchev–Trinajstić information content (AvgIpc) is 2.17. The van der Waals surface area contributed by atoms with Crippen LogP contribution >= 0.6 is 0 Å². The van der Waals surface area contributed by atoms with E-state index in [-0.39, 0.29) is 11.9 Å². The summed E-state index contributed by atoms with van der Waals surface area (Å²) >= 11 is 0. The standard InChI is InChI=1S/C12H15FN2/c13-11-3-1-2-9(5-11)4-10-6-12(14)8-15-7-10/h1-3,5-6,12,15H,4,7-8,14H2. The van der Waals surface area contributed by atoms with Crippen LogP contribution < -0.4 is 11.1 Å². The fraction of sp³-hybridized carbons (Fsp3) is 0.333. The molecule has 0 fully saturated rings. The van der Waals surface area contributed by atoms with Gasteiger partial charge in [0.15, 0.2) is 0 Å². The molecule has 0 saturated heterocycles. The number of hydrogen-bond acceptors (Lipinski definition) is 2. The lowest BCUT2D eigenvalue weighted by Gasteiger charge is -2.19. The summed E-state index contributed by atoms with van der Waals surface area (Å²) in [5.74, 6) is -0.179. The molecular weight excluding hydrogens is 191 g/mol. The fourth-order valence-electron chi connectivity index (χ4n) is 1.85. The molecule has 1 unspecified atom stereocenters. The number of benzene rings is 1. The SMILES string of the molecule is NC1C=C(Cc2cccc(F)c2)CNC1. The molecular formula is C12H15FN2. The molecule has 1 aromatic rings. The van der Waals surface area contributed by atoms with Crippen molar-refractivity contribution < 1.29 is 4.39 Å². The minimum atomic E-state index is -0.179. The lowest BCUT2D eigenvalue weighted by molar-refractivity contribution is 0.619. The molecule has 0 saturated carbocycles. The second-order valence-corrected chi connectivity index (χ2v) is 3.93. The Hall–Kier alpha value is -1.19. The first-order valence-electron chi connectivity index (χ1n) is 5.14. The first kappa shape index (κ1) is 10.3. The third-order valence-corrected chi connectivity index (χ3v) is 2.50. The van der Waals surface area contributed by atoms with E-state index in [0.29, 0.717) is 0 Å². The highest BCUT2D eigenvalue weighted by atomic mass is 19.1. The van der Waals surface area contributed by atoms with E-state index >= 15 is 0 Å². The fourth-order valence-corrected chi connectivity index (χ4v) is 1.85. The minimum absolute atomic E-state index is 0.0855. The summed E-state index contributed by atoms with van der Waals surface area (Å²) < 4.78 is 12.9. The molecule has 0 aromatic heterocycles. The molecule has 80 valence electrons. The van der Waals surface area contributed by atoms with Crippen LogP contribution in [-0.4, -0.2) is 19.1 Å². The predicted octanol–water partition coefficient (Wildman–Crippen LogP) is 1.23. The molecule has 3 heteroatoms. The van der Waals surface area contributed by atoms with E-state index in [0.717, 1.165) is 25.1 Å². The number of nitrogens with two attached hydrogens (primary N) is 1. The van der Waals surface area contributed by atoms with Gasteiger partial charge in [-0.25, -0.2) is 4.39 Å². The zero-order valence-corrected chi connectivity index (χ0v) is 8.54. The Labute approximate surface area is 89.0 Å². The van der Waals surface area contributed by atoms with E-state index in [2.05, 4.69) is 11.4 Å². The van der Waals surface area contributed by atoms with Crippen LogP contribution in [0.5, 0.6) is 0 Å². The Morgan fingerprint density at radius 3 is 3.07 bits per heavy atom. The van der Waals surface area contributed by atoms with Crippen molar-refractivity contribution in [1.82, 2.24) is 5.32 Å². The molecule has 1 aliphatic rings. The summed E-state index contributed by atoms with van der Waals surface area (Å²) in [5, 5.41) is 3.23. The third kappa shape index (κ3) is 2.88. The summed E-state index contributed by atoms with van der Waals surface area (Å²) in [4.78, 5) is 0. The van der Waals surface area contributed by atoms with Gasteiger partial charge in [-0.05, 0) is 24.1 Å². The molecule has 15 heavy (non-hydrogen) atoms. The second-order valence-electron chi connectivity index (χ2n) is 3.93. The largest absolute Gasteiger partial charge is 0.323 e. The minimum Gasteiger partial charge on any atom is -0.323 e. The third-order valence-electron chi connectivity index (χ3n) is 2.50. The summed E-state index contributed by atoms with van der Waals surface area (Å²) in [6, 6.07) is 6.79. The smallest absolute Gasteiger partial charge is 0.123 e. The quantitative estimate of drug-likeness (QED) is 0.714. The van der Waals surface area contributed by atoms with Crippen molar-refractivity contribution in [2.75, 3.05) is 13.1 Å². The van der Waals surface area contributed by atoms with Crippen LogP contribution in [0.4, 0.5) is 4.39 Å². The van der Waals surface area contributed by atoms with Gasteiger partial charge in [0.25, 0.3) is 0 Å². The zero-order chi connectivity index (χ0) is 10.7. The monoisotopic (exact) mass is 206 g/mol. The molecule has 1 atom stereocenters. The molecule has 0 spiro atoms. The highest BCUT2D eigenvalue weighted by Crippen LogP contribution is 2.11. The van der Waals surface area contributed by atoms with E-state index in [9.17, 15) is 4.39 Å². The zero-order valence-electron chi connectivity index (χ0n) is 8.54. The van der Waals surface area contributed by atoms with E-state index in [1.165, 1.54) is 11.6 Å². The van der Waals surface area contributed by atoms with Crippen LogP contribution in [0, 0.1) is 5.82 Å². The second kappa shape index (κ2) is 4.55. The first-order chi connectivity index (χ1) is 7.24. The van der Waals surface area contributed by atoms with Crippen molar-refractivity contribution >= 4 is 0 Å². The van der Waals surface area contributed by atoms with Gasteiger partial charge < -0.3 is 11.1 Å². The summed E-state index contributed by atoms with van der Waals surface area (Å²) in [7, 11) is 0. The van der Waals surface area contributed by atoms with Crippen LogP contribution in [0.2, 0.25) is 0 Å². The molecule has 0 amide bonds. The van der Waals surface area contributed by atoms with Crippen LogP contribution in [0.1, 0.15) is 5.56 Å². The maximum Gasteiger partial charge on any atom is 0.123 e. The van der Waals surface area contributed by atoms with Crippen LogP contribution in [0.3, 0.4) is 0 Å². The van der Waals surface area contributed by atoms with Gasteiger partial charge >= 0.3 is 0 Å². The van der Waals surface area contributed by atoms with Gasteiger partial charge in [-0.1, -0.05) is 23.8 Å². The molecule has 1 aromatic carbocycles. The lowest BCUT2D eigenvalue weighted by Crippen LogP contribution is -2.38. The molecule has 2 rings (SSSR count). The van der Waals surface area contributed by atoms with Gasteiger partial charge in [0.2, 0.25) is 0 Å². The van der Waals surface area contributed by atoms with Crippen molar-refractivity contribution in [3.05, 3.63) is 47.3 Å². The van der Waals surface area contributed by atoms with Gasteiger partial charge in [0.1, 0.15) is 5.82 Å². The molecule has 0 radical (unpaired) electrons. The number of halogens is 1. The first-order valence-corrected chi connectivity index (χ1v) is 5.14. The highest BCUT2D eigenvalue weighted by Gasteiger charge is 2.09. The predicted molar refractivity (Wildman–Crippen MR) is 59.0 cm³/mol. The Morgan fingerprint density at radius 1 is 1.47 bits per heavy atom. The number of rotatable bonds is 2. The highest BCUT2D eigenvalue weighted by molar-refractivity contribution is 5.25. The molecule has 3 N–H and O–H groups in total. The number of nitrogens with one attached hydrogen (secondary N) is 1. The Morgan fingerprint density at radius 2 is 2.33 bits per heavy atom. The van der Waals surface area contributed by atoms with Gasteiger partial charge in [-0.15, -0.1) is 0 Å². The summed E-state index contributed by atoms with van der Waals surface area (Å²) in [6.07, 6.45) is 2.85. The Bertz CT molecular complexity index is 374. The van der Waals surface area contributed by atoms with Crippen molar-refractivity contribution in [2.45, 2.75) is 12.5 Å². The van der Waals surface area contributed by atoms with Crippen LogP contribution in [0.25, 0.3) is 0 Å². The molecule has 0 bridgehead atoms. The van der Waals surface area contributed by atoms with E-state index in [1.807, 2.05) is 6.07 Å². The van der Waals surface area contributed by atoms with Crippen molar-refractivity contribution in [3.8, 4) is 0 Å². The Balaban J connectivity index is 2.08. The maximum absolute atomic E-state index is 12.9. The van der Waals surface area contributed by atoms with Gasteiger partial charge in [0, 0.05) is 19.1 Å². The van der Waals surface area contributed by atoms with Gasteiger partial charge in [-0.3, -0.25) is 0 Å². The molecule has 0 aliphatic carbocycles. The molecule has 2 nitrogen and oxygen atoms in total. The summed E-state index contributed by atoms with van der Waals surface area (Å²) in [5.41, 5.74) is 8.03. The van der Waals surface area contributed by atoms with Crippen LogP contribution in [-0.2, 0) is 6.42 Å². The average molecular weight is 206 g/mol. The van der Waals surface area contributed by atoms with E-state index in [4.69, 9.17) is 5.73 Å². The maximum atomic E-state index is 12.9. The lowest BCUT2D eigenvalue weighted by atomic mass is 10.0. The molecule has 1 heterocycles. The Kier molecular flexibility index (Phi) is 3.14. The van der Waals surface area contributed by atoms with E-state index in [1.54, 1.807) is 12.1 Å². The van der Waals surface area contributed by atoms with Gasteiger partial charge in [-0.2, -0.15) is 0 Å². The number of hydrogen-bond donors (Lipinski definition) is 2. The normalized spacial score (nSPS) is 21.2. The topological polar surface area (TPSA) is 38.0 Å². The van der Waals surface area contributed by atoms with Crippen molar-refractivity contribution in [1.29, 1.82) is 0 Å². The van der Waals surface area contributed by atoms with Crippen LogP contribution in [0.15, 0.2) is 35.9 Å². The molecule has 1 aliphatic heterocycles. The summed E-state index contributed by atoms with van der Waals surface area (Å²) in [6.45, 7) is 1.68. The van der Waals surface area contributed by atoms with Crippen molar-refractivity contribution in [3.63, 3.8) is 0 Å². The van der Waals surface area contributed by atoms with Gasteiger partial charge in [0.05, 0.1) is 0 Å². The van der Waals surface area contributed by atoms with Crippen molar-refractivity contribution in [2.24, 2.45) is 5.73 Å². The van der Waals surface area contributed by atoms with E-state index < -0.39 is 0 Å².